The van der Waals surface area contributed by atoms with Crippen LogP contribution in [0.2, 0.25) is 0 Å². The average molecular weight is 297 g/mol. The molecule has 90 valence electrons. The summed E-state index contributed by atoms with van der Waals surface area (Å²) in [5.41, 5.74) is 3.28. The molecule has 0 aliphatic rings. The van der Waals surface area contributed by atoms with Gasteiger partial charge in [0.05, 0.1) is 12.8 Å². The van der Waals surface area contributed by atoms with E-state index < -0.39 is 6.09 Å². The van der Waals surface area contributed by atoms with Crippen molar-refractivity contribution in [1.29, 1.82) is 0 Å². The second-order valence-electron chi connectivity index (χ2n) is 3.03. The van der Waals surface area contributed by atoms with Crippen molar-refractivity contribution in [3.8, 4) is 0 Å². The molecule has 0 saturated heterocycles. The number of allylic oxidation sites excluding steroid dienone is 1. The Morgan fingerprint density at radius 3 is 2.82 bits per heavy atom. The number of hydrogen-bond acceptors (Lipinski definition) is 3. The number of halogens is 1. The second kappa shape index (κ2) is 7.62. The van der Waals surface area contributed by atoms with Gasteiger partial charge in [0.25, 0.3) is 0 Å². The Hall–Kier alpha value is -1.62. The second-order valence-corrected chi connectivity index (χ2v) is 3.95. The highest BCUT2D eigenvalue weighted by Gasteiger charge is 1.95. The fraction of sp³-hybridized carbons (Fsp3) is 0.167. The first kappa shape index (κ1) is 13.4. The molecule has 1 aromatic carbocycles. The van der Waals surface area contributed by atoms with Gasteiger partial charge in [0.15, 0.2) is 0 Å². The summed E-state index contributed by atoms with van der Waals surface area (Å²) in [5.74, 6) is 0. The molecule has 0 radical (unpaired) electrons. The van der Waals surface area contributed by atoms with Crippen LogP contribution < -0.4 is 5.43 Å². The Morgan fingerprint density at radius 1 is 1.47 bits per heavy atom. The molecule has 0 saturated carbocycles. The maximum atomic E-state index is 10.9. The van der Waals surface area contributed by atoms with Gasteiger partial charge in [-0.3, -0.25) is 0 Å². The first-order valence-electron chi connectivity index (χ1n) is 5.10. The van der Waals surface area contributed by atoms with Gasteiger partial charge < -0.3 is 4.74 Å². The van der Waals surface area contributed by atoms with Crippen molar-refractivity contribution in [2.24, 2.45) is 5.10 Å². The zero-order valence-electron chi connectivity index (χ0n) is 9.39. The molecule has 0 spiro atoms. The number of carbonyl (C=O) groups is 1. The van der Waals surface area contributed by atoms with Crippen LogP contribution in [0.25, 0.3) is 6.08 Å². The van der Waals surface area contributed by atoms with E-state index >= 15 is 0 Å². The minimum atomic E-state index is -0.566. The Morgan fingerprint density at radius 2 is 2.18 bits per heavy atom. The third-order valence-electron chi connectivity index (χ3n) is 1.72. The standard InChI is InChI=1S/C12H13BrN2O2/c1-2-17-12(16)15-14-9-11(13)8-10-6-4-3-5-7-10/h3-9H,2H2,1H3,(H,15,16)/b11-8+,14-9-. The van der Waals surface area contributed by atoms with Crippen LogP contribution in [0.5, 0.6) is 0 Å². The van der Waals surface area contributed by atoms with E-state index in [2.05, 4.69) is 31.2 Å². The lowest BCUT2D eigenvalue weighted by Gasteiger charge is -1.98. The maximum absolute atomic E-state index is 10.9. The molecular weight excluding hydrogens is 284 g/mol. The third kappa shape index (κ3) is 5.87. The quantitative estimate of drug-likeness (QED) is 0.685. The fourth-order valence-corrected chi connectivity index (χ4v) is 1.42. The summed E-state index contributed by atoms with van der Waals surface area (Å²) in [6, 6.07) is 9.77. The SMILES string of the molecule is CCOC(=O)N/N=C\C(Br)=C/c1ccccc1. The number of rotatable bonds is 4. The van der Waals surface area contributed by atoms with Crippen molar-refractivity contribution in [1.82, 2.24) is 5.43 Å². The normalized spacial score (nSPS) is 11.5. The first-order chi connectivity index (χ1) is 8.22. The molecule has 0 fully saturated rings. The summed E-state index contributed by atoms with van der Waals surface area (Å²) in [4.78, 5) is 10.9. The summed E-state index contributed by atoms with van der Waals surface area (Å²) in [5, 5.41) is 3.72. The summed E-state index contributed by atoms with van der Waals surface area (Å²) in [7, 11) is 0. The van der Waals surface area contributed by atoms with Crippen molar-refractivity contribution >= 4 is 34.3 Å². The molecule has 4 nitrogen and oxygen atoms in total. The zero-order chi connectivity index (χ0) is 12.5. The van der Waals surface area contributed by atoms with E-state index in [0.29, 0.717) is 6.61 Å². The lowest BCUT2D eigenvalue weighted by Crippen LogP contribution is -2.18. The minimum Gasteiger partial charge on any atom is -0.449 e. The zero-order valence-corrected chi connectivity index (χ0v) is 11.0. The van der Waals surface area contributed by atoms with E-state index in [1.165, 1.54) is 6.21 Å². The van der Waals surface area contributed by atoms with Gasteiger partial charge in [-0.25, -0.2) is 10.2 Å². The summed E-state index contributed by atoms with van der Waals surface area (Å²) in [6.07, 6.45) is 2.81. The van der Waals surface area contributed by atoms with Crippen molar-refractivity contribution in [3.05, 3.63) is 40.4 Å². The molecule has 0 unspecified atom stereocenters. The maximum Gasteiger partial charge on any atom is 0.427 e. The van der Waals surface area contributed by atoms with Gasteiger partial charge >= 0.3 is 6.09 Å². The summed E-state index contributed by atoms with van der Waals surface area (Å²) >= 11 is 3.32. The third-order valence-corrected chi connectivity index (χ3v) is 2.16. The number of nitrogens with one attached hydrogen (secondary N) is 1. The summed E-state index contributed by atoms with van der Waals surface area (Å²) < 4.78 is 5.39. The highest BCUT2D eigenvalue weighted by Crippen LogP contribution is 2.09. The van der Waals surface area contributed by atoms with Crippen LogP contribution in [0.15, 0.2) is 39.9 Å². The molecule has 1 rings (SSSR count). The first-order valence-corrected chi connectivity index (χ1v) is 5.89. The number of hydrogen-bond donors (Lipinski definition) is 1. The van der Waals surface area contributed by atoms with Gasteiger partial charge in [-0.1, -0.05) is 30.3 Å². The molecule has 1 N–H and O–H groups in total. The molecule has 1 amide bonds. The number of ether oxygens (including phenoxy) is 1. The van der Waals surface area contributed by atoms with Crippen LogP contribution >= 0.6 is 15.9 Å². The number of benzene rings is 1. The van der Waals surface area contributed by atoms with Crippen LogP contribution in [0.3, 0.4) is 0 Å². The van der Waals surface area contributed by atoms with Crippen molar-refractivity contribution < 1.29 is 9.53 Å². The molecule has 0 bridgehead atoms. The van der Waals surface area contributed by atoms with E-state index in [0.717, 1.165) is 10.0 Å². The monoisotopic (exact) mass is 296 g/mol. The van der Waals surface area contributed by atoms with Crippen LogP contribution in [0.1, 0.15) is 12.5 Å². The van der Waals surface area contributed by atoms with Crippen LogP contribution in [-0.2, 0) is 4.74 Å². The summed E-state index contributed by atoms with van der Waals surface area (Å²) in [6.45, 7) is 2.05. The number of amides is 1. The van der Waals surface area contributed by atoms with Gasteiger partial charge in [-0.05, 0) is 34.5 Å². The van der Waals surface area contributed by atoms with Gasteiger partial charge in [0.1, 0.15) is 0 Å². The average Bonchev–Trinajstić information content (AvgIpc) is 2.30. The molecule has 1 aromatic rings. The molecule has 0 heterocycles. The minimum absolute atomic E-state index is 0.322. The van der Waals surface area contributed by atoms with E-state index in [9.17, 15) is 4.79 Å². The molecule has 0 aliphatic carbocycles. The van der Waals surface area contributed by atoms with Gasteiger partial charge in [-0.15, -0.1) is 0 Å². The Balaban J connectivity index is 2.49. The topological polar surface area (TPSA) is 50.7 Å². The molecular formula is C12H13BrN2O2. The van der Waals surface area contributed by atoms with Crippen molar-refractivity contribution in [2.45, 2.75) is 6.92 Å². The highest BCUT2D eigenvalue weighted by molar-refractivity contribution is 9.12. The highest BCUT2D eigenvalue weighted by atomic mass is 79.9. The fourth-order valence-electron chi connectivity index (χ4n) is 1.06. The van der Waals surface area contributed by atoms with Crippen LogP contribution in [0, 0.1) is 0 Å². The van der Waals surface area contributed by atoms with Gasteiger partial charge in [0, 0.05) is 4.48 Å². The van der Waals surface area contributed by atoms with Gasteiger partial charge in [0.2, 0.25) is 0 Å². The Labute approximate surface area is 108 Å². The van der Waals surface area contributed by atoms with E-state index in [-0.39, 0.29) is 0 Å². The molecule has 17 heavy (non-hydrogen) atoms. The van der Waals surface area contributed by atoms with E-state index in [4.69, 9.17) is 0 Å². The molecule has 5 heteroatoms. The lowest BCUT2D eigenvalue weighted by atomic mass is 10.2. The molecule has 0 aliphatic heterocycles. The number of carbonyl (C=O) groups excluding carboxylic acids is 1. The smallest absolute Gasteiger partial charge is 0.427 e. The van der Waals surface area contributed by atoms with Gasteiger partial charge in [-0.2, -0.15) is 5.10 Å². The predicted octanol–water partition coefficient (Wildman–Crippen LogP) is 3.15. The van der Waals surface area contributed by atoms with Crippen LogP contribution in [0.4, 0.5) is 4.79 Å². The lowest BCUT2D eigenvalue weighted by molar-refractivity contribution is 0.152. The number of nitrogens with zero attached hydrogens (tertiary/aromatic N) is 1. The van der Waals surface area contributed by atoms with E-state index in [1.54, 1.807) is 6.92 Å². The predicted molar refractivity (Wildman–Crippen MR) is 72.0 cm³/mol. The Bertz CT molecular complexity index is 416. The van der Waals surface area contributed by atoms with Crippen LogP contribution in [-0.4, -0.2) is 18.9 Å². The largest absolute Gasteiger partial charge is 0.449 e. The van der Waals surface area contributed by atoms with Crippen molar-refractivity contribution in [2.75, 3.05) is 6.61 Å². The Kier molecular flexibility index (Phi) is 6.03. The molecule has 0 aromatic heterocycles. The number of hydrazone groups is 1. The van der Waals surface area contributed by atoms with E-state index in [1.807, 2.05) is 36.4 Å². The molecule has 0 atom stereocenters. The van der Waals surface area contributed by atoms with Crippen molar-refractivity contribution in [3.63, 3.8) is 0 Å².